The number of sulfone groups is 1. The van der Waals surface area contributed by atoms with Gasteiger partial charge in [-0.3, -0.25) is 9.69 Å². The average molecular weight is 363 g/mol. The van der Waals surface area contributed by atoms with Gasteiger partial charge in [0.05, 0.1) is 17.6 Å². The maximum absolute atomic E-state index is 12.2. The summed E-state index contributed by atoms with van der Waals surface area (Å²) in [6.45, 7) is 2.14. The van der Waals surface area contributed by atoms with Crippen LogP contribution in [-0.4, -0.2) is 56.9 Å². The zero-order valence-corrected chi connectivity index (χ0v) is 14.7. The summed E-state index contributed by atoms with van der Waals surface area (Å²) in [5.74, 6) is 1.15. The Balaban J connectivity index is 0.00000192. The number of carbonyl (C=O) groups is 1. The molecule has 1 aromatic rings. The number of hydrogen-bond donors (Lipinski definition) is 1. The molecule has 2 fully saturated rings. The number of furan rings is 1. The molecule has 1 aromatic heterocycles. The van der Waals surface area contributed by atoms with Crippen molar-refractivity contribution in [2.45, 2.75) is 18.9 Å². The van der Waals surface area contributed by atoms with Crippen molar-refractivity contribution in [3.63, 3.8) is 0 Å². The molecule has 0 bridgehead atoms. The number of hydrogen-bond acceptors (Lipinski definition) is 5. The molecular weight excluding hydrogens is 340 g/mol. The fraction of sp³-hybridized carbons (Fsp3) is 0.667. The maximum atomic E-state index is 12.2. The predicted molar refractivity (Wildman–Crippen MR) is 89.6 cm³/mol. The third-order valence-corrected chi connectivity index (χ3v) is 5.47. The fourth-order valence-electron chi connectivity index (χ4n) is 3.19. The minimum atomic E-state index is -2.95. The molecule has 1 aliphatic carbocycles. The van der Waals surface area contributed by atoms with Gasteiger partial charge in [0.1, 0.15) is 16.1 Å². The zero-order valence-electron chi connectivity index (χ0n) is 13.1. The molecule has 1 aliphatic heterocycles. The quantitative estimate of drug-likeness (QED) is 0.822. The molecule has 23 heavy (non-hydrogen) atoms. The monoisotopic (exact) mass is 362 g/mol. The molecule has 130 valence electrons. The minimum absolute atomic E-state index is 0. The summed E-state index contributed by atoms with van der Waals surface area (Å²) >= 11 is 0. The second-order valence-electron chi connectivity index (χ2n) is 6.48. The van der Waals surface area contributed by atoms with Crippen LogP contribution in [-0.2, 0) is 9.84 Å². The standard InChI is InChI=1S/C15H22N2O4S.ClH/c1-22(19,20)7-5-17-8-13(11-2-3-11)14(9-17)16-15(18)12-4-6-21-10-12;/h4,6,10-11,13-14H,2-3,5,7-9H2,1H3,(H,16,18);1H/t13-,14+;/m1./s1. The first-order valence-electron chi connectivity index (χ1n) is 7.65. The van der Waals surface area contributed by atoms with E-state index in [-0.39, 0.29) is 30.1 Å². The summed E-state index contributed by atoms with van der Waals surface area (Å²) in [5, 5.41) is 3.09. The Morgan fingerprint density at radius 3 is 2.70 bits per heavy atom. The van der Waals surface area contributed by atoms with Gasteiger partial charge >= 0.3 is 0 Å². The molecule has 0 radical (unpaired) electrons. The lowest BCUT2D eigenvalue weighted by atomic mass is 9.98. The van der Waals surface area contributed by atoms with Gasteiger partial charge in [-0.15, -0.1) is 12.4 Å². The Bertz CT molecular complexity index is 628. The lowest BCUT2D eigenvalue weighted by Gasteiger charge is -2.19. The van der Waals surface area contributed by atoms with Gasteiger partial charge in [-0.2, -0.15) is 0 Å². The van der Waals surface area contributed by atoms with Crippen molar-refractivity contribution < 1.29 is 17.6 Å². The van der Waals surface area contributed by atoms with Crippen molar-refractivity contribution in [1.82, 2.24) is 10.2 Å². The smallest absolute Gasteiger partial charge is 0.254 e. The molecule has 2 atom stereocenters. The molecule has 1 N–H and O–H groups in total. The fourth-order valence-corrected chi connectivity index (χ4v) is 3.78. The van der Waals surface area contributed by atoms with Gasteiger partial charge in [-0.1, -0.05) is 0 Å². The largest absolute Gasteiger partial charge is 0.472 e. The Morgan fingerprint density at radius 1 is 1.39 bits per heavy atom. The first kappa shape index (κ1) is 18.3. The van der Waals surface area contributed by atoms with E-state index in [2.05, 4.69) is 10.2 Å². The van der Waals surface area contributed by atoms with E-state index in [1.54, 1.807) is 6.07 Å². The van der Waals surface area contributed by atoms with Gasteiger partial charge in [-0.25, -0.2) is 8.42 Å². The number of halogens is 1. The summed E-state index contributed by atoms with van der Waals surface area (Å²) < 4.78 is 27.6. The molecule has 8 heteroatoms. The zero-order chi connectivity index (χ0) is 15.7. The van der Waals surface area contributed by atoms with Gasteiger partial charge in [0.15, 0.2) is 0 Å². The van der Waals surface area contributed by atoms with Crippen LogP contribution < -0.4 is 5.32 Å². The van der Waals surface area contributed by atoms with E-state index in [4.69, 9.17) is 4.42 Å². The SMILES string of the molecule is CS(=O)(=O)CCN1C[C@H](NC(=O)c2ccoc2)[C@@H](C2CC2)C1.Cl. The number of amides is 1. The Hall–Kier alpha value is -1.05. The Morgan fingerprint density at radius 2 is 2.13 bits per heavy atom. The molecular formula is C15H23ClN2O4S. The van der Waals surface area contributed by atoms with Crippen LogP contribution in [0, 0.1) is 11.8 Å². The molecule has 6 nitrogen and oxygen atoms in total. The highest BCUT2D eigenvalue weighted by Crippen LogP contribution is 2.41. The van der Waals surface area contributed by atoms with Gasteiger partial charge in [0, 0.05) is 31.9 Å². The molecule has 1 saturated carbocycles. The summed E-state index contributed by atoms with van der Waals surface area (Å²) in [6.07, 6.45) is 6.61. The molecule has 1 amide bonds. The Kier molecular flexibility index (Phi) is 5.75. The van der Waals surface area contributed by atoms with Crippen LogP contribution in [0.2, 0.25) is 0 Å². The minimum Gasteiger partial charge on any atom is -0.472 e. The number of nitrogens with zero attached hydrogens (tertiary/aromatic N) is 1. The molecule has 0 aromatic carbocycles. The highest BCUT2D eigenvalue weighted by Gasteiger charge is 2.43. The van der Waals surface area contributed by atoms with E-state index >= 15 is 0 Å². The van der Waals surface area contributed by atoms with Gasteiger partial charge < -0.3 is 9.73 Å². The van der Waals surface area contributed by atoms with Crippen molar-refractivity contribution in [1.29, 1.82) is 0 Å². The van der Waals surface area contributed by atoms with Crippen LogP contribution >= 0.6 is 12.4 Å². The third-order valence-electron chi connectivity index (χ3n) is 4.55. The van der Waals surface area contributed by atoms with Crippen molar-refractivity contribution in [3.8, 4) is 0 Å². The third kappa shape index (κ3) is 4.96. The molecule has 2 heterocycles. The lowest BCUT2D eigenvalue weighted by molar-refractivity contribution is 0.0927. The van der Waals surface area contributed by atoms with Crippen molar-refractivity contribution in [2.75, 3.05) is 31.6 Å². The summed E-state index contributed by atoms with van der Waals surface area (Å²) in [7, 11) is -2.95. The molecule has 0 spiro atoms. The van der Waals surface area contributed by atoms with E-state index < -0.39 is 9.84 Å². The summed E-state index contributed by atoms with van der Waals surface area (Å²) in [5.41, 5.74) is 0.532. The second kappa shape index (κ2) is 7.23. The average Bonchev–Trinajstić information content (AvgIpc) is 2.99. The Labute approximate surface area is 142 Å². The highest BCUT2D eigenvalue weighted by atomic mass is 35.5. The second-order valence-corrected chi connectivity index (χ2v) is 8.74. The lowest BCUT2D eigenvalue weighted by Crippen LogP contribution is -2.41. The molecule has 2 aliphatic rings. The first-order valence-corrected chi connectivity index (χ1v) is 9.71. The van der Waals surface area contributed by atoms with E-state index in [0.717, 1.165) is 13.1 Å². The highest BCUT2D eigenvalue weighted by molar-refractivity contribution is 7.90. The first-order chi connectivity index (χ1) is 10.4. The van der Waals surface area contributed by atoms with Crippen LogP contribution in [0.5, 0.6) is 0 Å². The number of carbonyl (C=O) groups excluding carboxylic acids is 1. The number of nitrogens with one attached hydrogen (secondary N) is 1. The van der Waals surface area contributed by atoms with Gasteiger partial charge in [0.2, 0.25) is 0 Å². The van der Waals surface area contributed by atoms with Crippen LogP contribution in [0.15, 0.2) is 23.0 Å². The predicted octanol–water partition coefficient (Wildman–Crippen LogP) is 1.19. The van der Waals surface area contributed by atoms with Crippen molar-refractivity contribution in [3.05, 3.63) is 24.2 Å². The number of rotatable bonds is 6. The van der Waals surface area contributed by atoms with E-state index in [9.17, 15) is 13.2 Å². The normalized spacial score (nSPS) is 25.1. The van der Waals surface area contributed by atoms with Crippen molar-refractivity contribution >= 4 is 28.2 Å². The van der Waals surface area contributed by atoms with Crippen LogP contribution in [0.1, 0.15) is 23.2 Å². The summed E-state index contributed by atoms with van der Waals surface area (Å²) in [6, 6.07) is 1.74. The van der Waals surface area contributed by atoms with Crippen molar-refractivity contribution in [2.24, 2.45) is 11.8 Å². The molecule has 0 unspecified atom stereocenters. The van der Waals surface area contributed by atoms with Crippen LogP contribution in [0.25, 0.3) is 0 Å². The van der Waals surface area contributed by atoms with Crippen LogP contribution in [0.3, 0.4) is 0 Å². The number of likely N-dealkylation sites (tertiary alicyclic amines) is 1. The van der Waals surface area contributed by atoms with E-state index in [1.165, 1.54) is 31.6 Å². The molecule has 1 saturated heterocycles. The maximum Gasteiger partial charge on any atom is 0.254 e. The van der Waals surface area contributed by atoms with Crippen LogP contribution in [0.4, 0.5) is 0 Å². The van der Waals surface area contributed by atoms with Gasteiger partial charge in [0.25, 0.3) is 5.91 Å². The van der Waals surface area contributed by atoms with E-state index in [0.29, 0.717) is 23.9 Å². The van der Waals surface area contributed by atoms with E-state index in [1.807, 2.05) is 0 Å². The summed E-state index contributed by atoms with van der Waals surface area (Å²) in [4.78, 5) is 14.3. The molecule has 3 rings (SSSR count). The van der Waals surface area contributed by atoms with Gasteiger partial charge in [-0.05, 0) is 30.7 Å². The topological polar surface area (TPSA) is 79.6 Å².